The van der Waals surface area contributed by atoms with E-state index in [0.29, 0.717) is 5.92 Å². The van der Waals surface area contributed by atoms with Gasteiger partial charge in [-0.2, -0.15) is 0 Å². The summed E-state index contributed by atoms with van der Waals surface area (Å²) in [4.78, 5) is 14.8. The average Bonchev–Trinajstić information content (AvgIpc) is 3.10. The van der Waals surface area contributed by atoms with Crippen molar-refractivity contribution in [2.75, 3.05) is 33.8 Å². The number of benzene rings is 2. The average molecular weight is 324 g/mol. The minimum absolute atomic E-state index is 0.105. The van der Waals surface area contributed by atoms with Crippen molar-refractivity contribution in [3.8, 4) is 16.9 Å². The third-order valence-corrected chi connectivity index (χ3v) is 4.60. The highest BCUT2D eigenvalue weighted by Gasteiger charge is 2.26. The molecule has 1 aliphatic rings. The van der Waals surface area contributed by atoms with Crippen LogP contribution in [-0.2, 0) is 0 Å². The highest BCUT2D eigenvalue weighted by molar-refractivity contribution is 5.96. The second kappa shape index (κ2) is 7.49. The maximum absolute atomic E-state index is 12.8. The Labute approximate surface area is 143 Å². The number of methoxy groups -OCH3 is 1. The van der Waals surface area contributed by atoms with Gasteiger partial charge in [0.15, 0.2) is 0 Å². The summed E-state index contributed by atoms with van der Waals surface area (Å²) < 4.78 is 5.48. The molecule has 0 aliphatic carbocycles. The normalized spacial score (nSPS) is 17.1. The van der Waals surface area contributed by atoms with Gasteiger partial charge < -0.3 is 15.0 Å². The van der Waals surface area contributed by atoms with Crippen LogP contribution in [0.15, 0.2) is 48.5 Å². The predicted octanol–water partition coefficient (Wildman–Crippen LogP) is 3.04. The number of carbonyl (C=O) groups excluding carboxylic acids is 1. The molecule has 1 atom stereocenters. The summed E-state index contributed by atoms with van der Waals surface area (Å²) >= 11 is 0. The largest absolute Gasteiger partial charge is 0.496 e. The van der Waals surface area contributed by atoms with Gasteiger partial charge in [-0.3, -0.25) is 4.79 Å². The molecule has 4 nitrogen and oxygen atoms in total. The molecular formula is C20H24N2O2. The fraction of sp³-hybridized carbons (Fsp3) is 0.350. The first-order chi connectivity index (χ1) is 11.7. The molecule has 1 fully saturated rings. The van der Waals surface area contributed by atoms with E-state index in [0.717, 1.165) is 48.5 Å². The summed E-state index contributed by atoms with van der Waals surface area (Å²) in [5.74, 6) is 1.44. The summed E-state index contributed by atoms with van der Waals surface area (Å²) in [5.41, 5.74) is 2.73. The van der Waals surface area contributed by atoms with Gasteiger partial charge in [-0.05, 0) is 49.7 Å². The van der Waals surface area contributed by atoms with Gasteiger partial charge in [0.25, 0.3) is 5.91 Å². The summed E-state index contributed by atoms with van der Waals surface area (Å²) in [6.07, 6.45) is 1.06. The number of ether oxygens (including phenoxy) is 1. The fourth-order valence-electron chi connectivity index (χ4n) is 3.34. The Morgan fingerprint density at radius 3 is 2.75 bits per heavy atom. The van der Waals surface area contributed by atoms with E-state index in [2.05, 4.69) is 5.32 Å². The molecule has 4 heteroatoms. The Morgan fingerprint density at radius 2 is 2.04 bits per heavy atom. The molecule has 0 saturated carbocycles. The van der Waals surface area contributed by atoms with Crippen LogP contribution in [0.25, 0.3) is 11.1 Å². The lowest BCUT2D eigenvalue weighted by Crippen LogP contribution is -2.30. The van der Waals surface area contributed by atoms with E-state index in [1.165, 1.54) is 0 Å². The van der Waals surface area contributed by atoms with Gasteiger partial charge in [0.1, 0.15) is 5.75 Å². The number of hydrogen-bond donors (Lipinski definition) is 1. The smallest absolute Gasteiger partial charge is 0.253 e. The number of nitrogens with zero attached hydrogens (tertiary/aromatic N) is 1. The van der Waals surface area contributed by atoms with Crippen LogP contribution in [0.4, 0.5) is 0 Å². The number of amides is 1. The van der Waals surface area contributed by atoms with Crippen molar-refractivity contribution in [1.29, 1.82) is 0 Å². The summed E-state index contributed by atoms with van der Waals surface area (Å²) in [6, 6.07) is 15.7. The van der Waals surface area contributed by atoms with Crippen molar-refractivity contribution in [2.24, 2.45) is 5.92 Å². The second-order valence-corrected chi connectivity index (χ2v) is 6.24. The van der Waals surface area contributed by atoms with Gasteiger partial charge in [0, 0.05) is 24.2 Å². The van der Waals surface area contributed by atoms with Crippen LogP contribution < -0.4 is 10.1 Å². The van der Waals surface area contributed by atoms with Gasteiger partial charge in [-0.15, -0.1) is 0 Å². The van der Waals surface area contributed by atoms with Crippen LogP contribution in [0, 0.1) is 5.92 Å². The van der Waals surface area contributed by atoms with Crippen LogP contribution in [-0.4, -0.2) is 44.6 Å². The van der Waals surface area contributed by atoms with Crippen molar-refractivity contribution in [2.45, 2.75) is 6.42 Å². The van der Waals surface area contributed by atoms with Crippen molar-refractivity contribution in [3.05, 3.63) is 54.1 Å². The molecule has 0 spiro atoms. The standard InChI is InChI=1S/C20H24N2O2/c1-21-13-15-10-11-22(14-15)20(23)17-8-9-19(24-2)18(12-17)16-6-4-3-5-7-16/h3-9,12,15,21H,10-11,13-14H2,1-2H3. The first-order valence-electron chi connectivity index (χ1n) is 8.40. The Kier molecular flexibility index (Phi) is 5.16. The first-order valence-corrected chi connectivity index (χ1v) is 8.40. The number of nitrogens with one attached hydrogen (secondary N) is 1. The molecule has 1 N–H and O–H groups in total. The summed E-state index contributed by atoms with van der Waals surface area (Å²) in [5, 5.41) is 3.20. The van der Waals surface area contributed by atoms with E-state index in [4.69, 9.17) is 4.74 Å². The molecule has 24 heavy (non-hydrogen) atoms. The molecule has 0 bridgehead atoms. The van der Waals surface area contributed by atoms with Gasteiger partial charge in [-0.1, -0.05) is 30.3 Å². The highest BCUT2D eigenvalue weighted by Crippen LogP contribution is 2.31. The van der Waals surface area contributed by atoms with E-state index < -0.39 is 0 Å². The van der Waals surface area contributed by atoms with Crippen LogP contribution in [0.2, 0.25) is 0 Å². The van der Waals surface area contributed by atoms with Crippen molar-refractivity contribution in [1.82, 2.24) is 10.2 Å². The molecule has 126 valence electrons. The van der Waals surface area contributed by atoms with E-state index >= 15 is 0 Å². The SMILES string of the molecule is CNCC1CCN(C(=O)c2ccc(OC)c(-c3ccccc3)c2)C1. The summed E-state index contributed by atoms with van der Waals surface area (Å²) in [6.45, 7) is 2.62. The zero-order chi connectivity index (χ0) is 16.9. The third-order valence-electron chi connectivity index (χ3n) is 4.60. The molecular weight excluding hydrogens is 300 g/mol. The van der Waals surface area contributed by atoms with Crippen molar-refractivity contribution < 1.29 is 9.53 Å². The molecule has 1 unspecified atom stereocenters. The zero-order valence-corrected chi connectivity index (χ0v) is 14.3. The van der Waals surface area contributed by atoms with Gasteiger partial charge in [0.05, 0.1) is 7.11 Å². The highest BCUT2D eigenvalue weighted by atomic mass is 16.5. The van der Waals surface area contributed by atoms with E-state index in [-0.39, 0.29) is 5.91 Å². The van der Waals surface area contributed by atoms with E-state index in [1.54, 1.807) is 7.11 Å². The Balaban J connectivity index is 1.85. The van der Waals surface area contributed by atoms with Gasteiger partial charge in [-0.25, -0.2) is 0 Å². The minimum atomic E-state index is 0.105. The van der Waals surface area contributed by atoms with Gasteiger partial charge in [0.2, 0.25) is 0 Å². The topological polar surface area (TPSA) is 41.6 Å². The molecule has 0 radical (unpaired) electrons. The molecule has 2 aromatic carbocycles. The number of hydrogen-bond acceptors (Lipinski definition) is 3. The Morgan fingerprint density at radius 1 is 1.25 bits per heavy atom. The Bertz CT molecular complexity index is 700. The van der Waals surface area contributed by atoms with Crippen molar-refractivity contribution in [3.63, 3.8) is 0 Å². The lowest BCUT2D eigenvalue weighted by Gasteiger charge is -2.18. The van der Waals surface area contributed by atoms with E-state index in [9.17, 15) is 4.79 Å². The molecule has 1 saturated heterocycles. The second-order valence-electron chi connectivity index (χ2n) is 6.24. The monoisotopic (exact) mass is 324 g/mol. The molecule has 1 amide bonds. The van der Waals surface area contributed by atoms with E-state index in [1.807, 2.05) is 60.5 Å². The lowest BCUT2D eigenvalue weighted by atomic mass is 10.0. The number of rotatable bonds is 5. The molecule has 0 aromatic heterocycles. The molecule has 1 aliphatic heterocycles. The minimum Gasteiger partial charge on any atom is -0.496 e. The number of likely N-dealkylation sites (tertiary alicyclic amines) is 1. The van der Waals surface area contributed by atoms with Crippen LogP contribution in [0.3, 0.4) is 0 Å². The maximum Gasteiger partial charge on any atom is 0.253 e. The van der Waals surface area contributed by atoms with Crippen LogP contribution in [0.5, 0.6) is 5.75 Å². The zero-order valence-electron chi connectivity index (χ0n) is 14.3. The van der Waals surface area contributed by atoms with Crippen molar-refractivity contribution >= 4 is 5.91 Å². The number of carbonyl (C=O) groups is 1. The summed E-state index contributed by atoms with van der Waals surface area (Å²) in [7, 11) is 3.62. The van der Waals surface area contributed by atoms with Gasteiger partial charge >= 0.3 is 0 Å². The predicted molar refractivity (Wildman–Crippen MR) is 96.4 cm³/mol. The first kappa shape index (κ1) is 16.5. The Hall–Kier alpha value is -2.33. The third kappa shape index (κ3) is 3.44. The van der Waals surface area contributed by atoms with Crippen LogP contribution in [0.1, 0.15) is 16.8 Å². The van der Waals surface area contributed by atoms with Crippen LogP contribution >= 0.6 is 0 Å². The molecule has 2 aromatic rings. The fourth-order valence-corrected chi connectivity index (χ4v) is 3.34. The quantitative estimate of drug-likeness (QED) is 0.919. The molecule has 1 heterocycles. The molecule has 3 rings (SSSR count). The lowest BCUT2D eigenvalue weighted by molar-refractivity contribution is 0.0787. The maximum atomic E-state index is 12.8.